The first-order valence-corrected chi connectivity index (χ1v) is 2.63. The average molecular weight is 133 g/mol. The van der Waals surface area contributed by atoms with Gasteiger partial charge in [-0.1, -0.05) is 0 Å². The molecule has 0 aliphatic rings. The zero-order chi connectivity index (χ0) is 7.44. The second kappa shape index (κ2) is 3.76. The topological polar surface area (TPSA) is 62.6 Å². The van der Waals surface area contributed by atoms with Gasteiger partial charge in [0.2, 0.25) is 0 Å². The van der Waals surface area contributed by atoms with Gasteiger partial charge in [-0.05, 0) is 20.9 Å². The van der Waals surface area contributed by atoms with Crippen LogP contribution >= 0.6 is 0 Å². The fraction of sp³-hybridized carbons (Fsp3) is 1.00. The Hall–Kier alpha value is -0.200. The summed E-state index contributed by atoms with van der Waals surface area (Å²) in [6.45, 7) is 3.43. The SMILES string of the molecule is CC(C)ON([O-])N(C)[NH-]. The molecule has 5 heteroatoms. The Morgan fingerprint density at radius 2 is 2.00 bits per heavy atom. The third kappa shape index (κ3) is 4.31. The third-order valence-electron chi connectivity index (χ3n) is 0.546. The molecule has 56 valence electrons. The Labute approximate surface area is 54.4 Å². The molecule has 9 heavy (non-hydrogen) atoms. The fourth-order valence-electron chi connectivity index (χ4n) is 0.251. The van der Waals surface area contributed by atoms with Crippen LogP contribution in [0, 0.1) is 5.21 Å². The highest BCUT2D eigenvalue weighted by atomic mass is 16.9. The van der Waals surface area contributed by atoms with Gasteiger partial charge in [0.1, 0.15) is 0 Å². The van der Waals surface area contributed by atoms with E-state index in [2.05, 4.69) is 4.84 Å². The molecule has 0 radical (unpaired) electrons. The first-order valence-electron chi connectivity index (χ1n) is 2.63. The van der Waals surface area contributed by atoms with Crippen molar-refractivity contribution in [2.24, 2.45) is 0 Å². The summed E-state index contributed by atoms with van der Waals surface area (Å²) in [4.78, 5) is 4.53. The highest BCUT2D eigenvalue weighted by Crippen LogP contribution is 1.96. The predicted molar refractivity (Wildman–Crippen MR) is 33.5 cm³/mol. The smallest absolute Gasteiger partial charge is 0.0740 e. The van der Waals surface area contributed by atoms with Gasteiger partial charge in [-0.15, -0.1) is 0 Å². The lowest BCUT2D eigenvalue weighted by molar-refractivity contribution is -0.244. The monoisotopic (exact) mass is 133 g/mol. The van der Waals surface area contributed by atoms with Crippen LogP contribution in [-0.4, -0.2) is 23.6 Å². The van der Waals surface area contributed by atoms with Crippen LogP contribution in [0.25, 0.3) is 5.84 Å². The Morgan fingerprint density at radius 3 is 2.11 bits per heavy atom. The molecule has 0 amide bonds. The molecule has 0 aliphatic carbocycles. The van der Waals surface area contributed by atoms with E-state index in [9.17, 15) is 5.21 Å². The average Bonchev–Trinajstić information content (AvgIpc) is 1.63. The Bertz CT molecular complexity index is 76.2. The minimum Gasteiger partial charge on any atom is -0.749 e. The molecule has 0 saturated carbocycles. The van der Waals surface area contributed by atoms with E-state index in [0.29, 0.717) is 5.12 Å². The first kappa shape index (κ1) is 8.80. The molecule has 5 nitrogen and oxygen atoms in total. The van der Waals surface area contributed by atoms with Gasteiger partial charge in [0.05, 0.1) is 6.10 Å². The van der Waals surface area contributed by atoms with Gasteiger partial charge in [-0.3, -0.25) is 4.84 Å². The van der Waals surface area contributed by atoms with Crippen LogP contribution in [-0.2, 0) is 4.84 Å². The van der Waals surface area contributed by atoms with E-state index in [1.165, 1.54) is 7.05 Å². The second-order valence-electron chi connectivity index (χ2n) is 1.92. The molecule has 0 unspecified atom stereocenters. The molecule has 0 saturated heterocycles. The molecule has 0 spiro atoms. The van der Waals surface area contributed by atoms with Crippen LogP contribution in [0.4, 0.5) is 0 Å². The zero-order valence-corrected chi connectivity index (χ0v) is 5.79. The molecule has 0 aliphatic heterocycles. The molecule has 0 atom stereocenters. The van der Waals surface area contributed by atoms with E-state index in [1.54, 1.807) is 13.8 Å². The van der Waals surface area contributed by atoms with Crippen molar-refractivity contribution >= 4 is 0 Å². The van der Waals surface area contributed by atoms with Crippen molar-refractivity contribution in [2.45, 2.75) is 20.0 Å². The van der Waals surface area contributed by atoms with Gasteiger partial charge in [0.15, 0.2) is 0 Å². The van der Waals surface area contributed by atoms with E-state index in [-0.39, 0.29) is 11.4 Å². The number of hydrogen-bond donors (Lipinski definition) is 0. The summed E-state index contributed by atoms with van der Waals surface area (Å²) in [5.41, 5.74) is 0. The largest absolute Gasteiger partial charge is 0.749 e. The van der Waals surface area contributed by atoms with E-state index in [0.717, 1.165) is 0 Å². The third-order valence-corrected chi connectivity index (χ3v) is 0.546. The van der Waals surface area contributed by atoms with Crippen LogP contribution in [0.15, 0.2) is 0 Å². The van der Waals surface area contributed by atoms with Crippen molar-refractivity contribution in [1.29, 1.82) is 0 Å². The van der Waals surface area contributed by atoms with Crippen molar-refractivity contribution in [1.82, 2.24) is 10.5 Å². The maximum absolute atomic E-state index is 10.4. The maximum atomic E-state index is 10.4. The number of rotatable bonds is 3. The Balaban J connectivity index is 3.38. The van der Waals surface area contributed by atoms with E-state index >= 15 is 0 Å². The maximum Gasteiger partial charge on any atom is 0.0740 e. The van der Waals surface area contributed by atoms with Crippen molar-refractivity contribution in [3.63, 3.8) is 0 Å². The number of hydrogen-bond acceptors (Lipinski definition) is 4. The van der Waals surface area contributed by atoms with Crippen LogP contribution in [0.1, 0.15) is 13.8 Å². The summed E-state index contributed by atoms with van der Waals surface area (Å²) in [7, 11) is 1.29. The normalized spacial score (nSPS) is 12.0. The summed E-state index contributed by atoms with van der Waals surface area (Å²) < 4.78 is 0. The fourth-order valence-corrected chi connectivity index (χ4v) is 0.251. The lowest BCUT2D eigenvalue weighted by Gasteiger charge is -2.40. The summed E-state index contributed by atoms with van der Waals surface area (Å²) >= 11 is 0. The standard InChI is InChI=1S/C4H11N3O2/c1-4(2)9-7(8)6(3)5/h4-5H,1-3H3/q-2. The Kier molecular flexibility index (Phi) is 3.67. The Morgan fingerprint density at radius 1 is 1.56 bits per heavy atom. The van der Waals surface area contributed by atoms with Gasteiger partial charge in [0.25, 0.3) is 0 Å². The number of nitrogens with zero attached hydrogens (tertiary/aromatic N) is 2. The van der Waals surface area contributed by atoms with Gasteiger partial charge < -0.3 is 16.2 Å². The van der Waals surface area contributed by atoms with Crippen molar-refractivity contribution < 1.29 is 4.84 Å². The van der Waals surface area contributed by atoms with E-state index in [1.807, 2.05) is 0 Å². The minimum atomic E-state index is -0.185. The van der Waals surface area contributed by atoms with Crippen LogP contribution in [0.2, 0.25) is 0 Å². The molecular formula is C4H11N3O2-2. The van der Waals surface area contributed by atoms with Crippen molar-refractivity contribution in [3.05, 3.63) is 11.0 Å². The van der Waals surface area contributed by atoms with Crippen LogP contribution in [0.5, 0.6) is 0 Å². The molecule has 0 aromatic carbocycles. The first-order chi connectivity index (χ1) is 4.04. The number of nitrogens with one attached hydrogen (secondary N) is 1. The molecule has 0 fully saturated rings. The van der Waals surface area contributed by atoms with Crippen LogP contribution in [0.3, 0.4) is 0 Å². The second-order valence-corrected chi connectivity index (χ2v) is 1.92. The molecule has 1 N–H and O–H groups in total. The summed E-state index contributed by atoms with van der Waals surface area (Å²) in [5.74, 6) is 6.70. The van der Waals surface area contributed by atoms with Gasteiger partial charge in [-0.25, -0.2) is 5.34 Å². The molecule has 0 rings (SSSR count). The van der Waals surface area contributed by atoms with E-state index in [4.69, 9.17) is 5.84 Å². The summed E-state index contributed by atoms with van der Waals surface area (Å²) in [6.07, 6.45) is -0.185. The predicted octanol–water partition coefficient (Wildman–Crippen LogP) is 0.940. The summed E-state index contributed by atoms with van der Waals surface area (Å²) in [5, 5.41) is 11.1. The highest BCUT2D eigenvalue weighted by molar-refractivity contribution is 4.41. The van der Waals surface area contributed by atoms with Gasteiger partial charge in [0, 0.05) is 0 Å². The van der Waals surface area contributed by atoms with Crippen molar-refractivity contribution in [2.75, 3.05) is 7.05 Å². The lowest BCUT2D eigenvalue weighted by Crippen LogP contribution is -2.31. The quantitative estimate of drug-likeness (QED) is 0.537. The van der Waals surface area contributed by atoms with E-state index < -0.39 is 0 Å². The van der Waals surface area contributed by atoms with Crippen LogP contribution < -0.4 is 0 Å². The van der Waals surface area contributed by atoms with Gasteiger partial charge in [-0.2, -0.15) is 0 Å². The molecule has 0 aromatic rings. The van der Waals surface area contributed by atoms with Crippen molar-refractivity contribution in [3.8, 4) is 0 Å². The highest BCUT2D eigenvalue weighted by Gasteiger charge is 1.92. The molecule has 0 bridgehead atoms. The zero-order valence-electron chi connectivity index (χ0n) is 5.79. The molecule has 0 aromatic heterocycles. The van der Waals surface area contributed by atoms with Gasteiger partial charge >= 0.3 is 0 Å². The minimum absolute atomic E-state index is 0.116. The summed E-state index contributed by atoms with van der Waals surface area (Å²) in [6, 6.07) is 0. The molecule has 0 heterocycles. The lowest BCUT2D eigenvalue weighted by atomic mass is 10.5. The number of hydrazine groups is 1. The molecular weight excluding hydrogens is 122 g/mol.